The van der Waals surface area contributed by atoms with Gasteiger partial charge in [0.05, 0.1) is 7.11 Å². The van der Waals surface area contributed by atoms with E-state index in [0.717, 1.165) is 56.9 Å². The van der Waals surface area contributed by atoms with E-state index in [1.54, 1.807) is 7.11 Å². The van der Waals surface area contributed by atoms with Crippen LogP contribution in [0.2, 0.25) is 0 Å². The lowest BCUT2D eigenvalue weighted by molar-refractivity contribution is -0.123. The first kappa shape index (κ1) is 22.4. The summed E-state index contributed by atoms with van der Waals surface area (Å²) >= 11 is 0. The summed E-state index contributed by atoms with van der Waals surface area (Å²) in [6.45, 7) is 10.2. The Bertz CT molecular complexity index is 814. The molecule has 1 aliphatic heterocycles. The number of amides is 1. The van der Waals surface area contributed by atoms with Gasteiger partial charge in [0.25, 0.3) is 0 Å². The van der Waals surface area contributed by atoms with Gasteiger partial charge in [0, 0.05) is 24.7 Å². The molecule has 4 nitrogen and oxygen atoms in total. The van der Waals surface area contributed by atoms with E-state index in [2.05, 4.69) is 67.0 Å². The second kappa shape index (κ2) is 10.6. The SMILES string of the molecule is CCC[C@H]1C(=O)N(CCN(CC)CC)c2ccccc2C[C@H]1c1ccc(OC)cc1. The van der Waals surface area contributed by atoms with Crippen molar-refractivity contribution in [3.05, 3.63) is 59.7 Å². The lowest BCUT2D eigenvalue weighted by Crippen LogP contribution is -2.42. The van der Waals surface area contributed by atoms with E-state index in [0.29, 0.717) is 0 Å². The van der Waals surface area contributed by atoms with Gasteiger partial charge in [-0.25, -0.2) is 0 Å². The zero-order chi connectivity index (χ0) is 21.5. The second-order valence-electron chi connectivity index (χ2n) is 8.12. The standard InChI is InChI=1S/C26H36N2O2/c1-5-10-23-24(20-13-15-22(30-4)16-14-20)19-21-11-8-9-12-25(21)28(26(23)29)18-17-27(6-2)7-3/h8-9,11-16,23-24H,5-7,10,17-19H2,1-4H3/t23-,24+/m1/s1. The lowest BCUT2D eigenvalue weighted by atomic mass is 9.79. The molecule has 162 valence electrons. The topological polar surface area (TPSA) is 32.8 Å². The molecule has 0 aliphatic carbocycles. The molecule has 2 aromatic rings. The van der Waals surface area contributed by atoms with Gasteiger partial charge in [0.15, 0.2) is 0 Å². The first-order valence-corrected chi connectivity index (χ1v) is 11.4. The van der Waals surface area contributed by atoms with Gasteiger partial charge in [-0.05, 0) is 61.2 Å². The number of rotatable bonds is 9. The van der Waals surface area contributed by atoms with Crippen molar-refractivity contribution in [2.75, 3.05) is 38.2 Å². The summed E-state index contributed by atoms with van der Waals surface area (Å²) in [4.78, 5) is 18.3. The van der Waals surface area contributed by atoms with Crippen LogP contribution >= 0.6 is 0 Å². The van der Waals surface area contributed by atoms with Crippen molar-refractivity contribution in [3.8, 4) is 5.75 Å². The number of hydrogen-bond donors (Lipinski definition) is 0. The third-order valence-electron chi connectivity index (χ3n) is 6.47. The summed E-state index contributed by atoms with van der Waals surface area (Å²) in [6, 6.07) is 16.7. The maximum Gasteiger partial charge on any atom is 0.230 e. The monoisotopic (exact) mass is 408 g/mol. The first-order valence-electron chi connectivity index (χ1n) is 11.4. The van der Waals surface area contributed by atoms with E-state index in [1.807, 2.05) is 12.1 Å². The van der Waals surface area contributed by atoms with Gasteiger partial charge >= 0.3 is 0 Å². The van der Waals surface area contributed by atoms with Crippen LogP contribution in [0.5, 0.6) is 5.75 Å². The molecule has 0 N–H and O–H groups in total. The molecule has 0 saturated heterocycles. The Kier molecular flexibility index (Phi) is 7.92. The minimum absolute atomic E-state index is 0.00695. The molecule has 0 spiro atoms. The van der Waals surface area contributed by atoms with Crippen LogP contribution < -0.4 is 9.64 Å². The van der Waals surface area contributed by atoms with Crippen molar-refractivity contribution >= 4 is 11.6 Å². The molecule has 4 heteroatoms. The molecule has 30 heavy (non-hydrogen) atoms. The molecule has 0 unspecified atom stereocenters. The van der Waals surface area contributed by atoms with E-state index in [9.17, 15) is 4.79 Å². The van der Waals surface area contributed by atoms with Gasteiger partial charge < -0.3 is 14.5 Å². The summed E-state index contributed by atoms with van der Waals surface area (Å²) in [5.41, 5.74) is 3.58. The highest BCUT2D eigenvalue weighted by atomic mass is 16.5. The Labute approximate surface area is 181 Å². The minimum Gasteiger partial charge on any atom is -0.497 e. The average molecular weight is 409 g/mol. The second-order valence-corrected chi connectivity index (χ2v) is 8.12. The van der Waals surface area contributed by atoms with Gasteiger partial charge in [-0.3, -0.25) is 4.79 Å². The Morgan fingerprint density at radius 2 is 1.73 bits per heavy atom. The molecule has 3 rings (SSSR count). The van der Waals surface area contributed by atoms with E-state index in [-0.39, 0.29) is 17.7 Å². The van der Waals surface area contributed by atoms with Crippen molar-refractivity contribution in [1.82, 2.24) is 4.90 Å². The van der Waals surface area contributed by atoms with E-state index >= 15 is 0 Å². The number of nitrogens with zero attached hydrogens (tertiary/aromatic N) is 2. The molecule has 2 atom stereocenters. The smallest absolute Gasteiger partial charge is 0.230 e. The Morgan fingerprint density at radius 3 is 2.37 bits per heavy atom. The third kappa shape index (κ3) is 4.86. The zero-order valence-electron chi connectivity index (χ0n) is 18.9. The van der Waals surface area contributed by atoms with Crippen molar-refractivity contribution in [2.45, 2.75) is 46.0 Å². The number of ether oxygens (including phenoxy) is 1. The fourth-order valence-corrected chi connectivity index (χ4v) is 4.67. The van der Waals surface area contributed by atoms with E-state index in [4.69, 9.17) is 4.74 Å². The van der Waals surface area contributed by atoms with Crippen molar-refractivity contribution in [3.63, 3.8) is 0 Å². The van der Waals surface area contributed by atoms with Gasteiger partial charge in [-0.2, -0.15) is 0 Å². The molecule has 2 aromatic carbocycles. The third-order valence-corrected chi connectivity index (χ3v) is 6.47. The Morgan fingerprint density at radius 1 is 1.03 bits per heavy atom. The van der Waals surface area contributed by atoms with Crippen molar-refractivity contribution in [2.24, 2.45) is 5.92 Å². The number of benzene rings is 2. The summed E-state index contributed by atoms with van der Waals surface area (Å²) in [5, 5.41) is 0. The van der Waals surface area contributed by atoms with Crippen LogP contribution in [-0.4, -0.2) is 44.1 Å². The molecule has 0 aromatic heterocycles. The molecule has 0 bridgehead atoms. The Hall–Kier alpha value is -2.33. The Balaban J connectivity index is 1.98. The molecular weight excluding hydrogens is 372 g/mol. The highest BCUT2D eigenvalue weighted by Gasteiger charge is 2.37. The minimum atomic E-state index is -0.00695. The van der Waals surface area contributed by atoms with Crippen LogP contribution in [0.3, 0.4) is 0 Å². The quantitative estimate of drug-likeness (QED) is 0.577. The first-order chi connectivity index (χ1) is 14.6. The lowest BCUT2D eigenvalue weighted by Gasteiger charge is -2.30. The number of anilines is 1. The highest BCUT2D eigenvalue weighted by Crippen LogP contribution is 2.40. The van der Waals surface area contributed by atoms with Crippen LogP contribution in [0, 0.1) is 5.92 Å². The summed E-state index contributed by atoms with van der Waals surface area (Å²) < 4.78 is 5.35. The number of methoxy groups -OCH3 is 1. The van der Waals surface area contributed by atoms with Crippen LogP contribution in [0.15, 0.2) is 48.5 Å². The molecule has 0 saturated carbocycles. The normalized spacial score (nSPS) is 19.0. The number of carbonyl (C=O) groups is 1. The molecule has 1 amide bonds. The van der Waals surface area contributed by atoms with Gasteiger partial charge in [-0.1, -0.05) is 57.5 Å². The fourth-order valence-electron chi connectivity index (χ4n) is 4.67. The zero-order valence-corrected chi connectivity index (χ0v) is 18.9. The molecule has 1 heterocycles. The summed E-state index contributed by atoms with van der Waals surface area (Å²) in [6.07, 6.45) is 2.80. The van der Waals surface area contributed by atoms with Crippen LogP contribution in [0.4, 0.5) is 5.69 Å². The summed E-state index contributed by atoms with van der Waals surface area (Å²) in [5.74, 6) is 1.30. The number of fused-ring (bicyclic) bond motifs is 1. The van der Waals surface area contributed by atoms with E-state index < -0.39 is 0 Å². The van der Waals surface area contributed by atoms with E-state index in [1.165, 1.54) is 11.1 Å². The maximum atomic E-state index is 13.9. The van der Waals surface area contributed by atoms with Crippen molar-refractivity contribution in [1.29, 1.82) is 0 Å². The number of para-hydroxylation sites is 1. The van der Waals surface area contributed by atoms with Gasteiger partial charge in [0.1, 0.15) is 5.75 Å². The molecular formula is C26H36N2O2. The van der Waals surface area contributed by atoms with Gasteiger partial charge in [0.2, 0.25) is 5.91 Å². The van der Waals surface area contributed by atoms with Crippen LogP contribution in [-0.2, 0) is 11.2 Å². The summed E-state index contributed by atoms with van der Waals surface area (Å²) in [7, 11) is 1.69. The fraction of sp³-hybridized carbons (Fsp3) is 0.500. The maximum absolute atomic E-state index is 13.9. The predicted molar refractivity (Wildman–Crippen MR) is 124 cm³/mol. The van der Waals surface area contributed by atoms with Crippen molar-refractivity contribution < 1.29 is 9.53 Å². The number of carbonyl (C=O) groups excluding carboxylic acids is 1. The molecule has 0 radical (unpaired) electrons. The average Bonchev–Trinajstić information content (AvgIpc) is 2.90. The predicted octanol–water partition coefficient (Wildman–Crippen LogP) is 5.13. The number of likely N-dealkylation sites (N-methyl/N-ethyl adjacent to an activating group) is 1. The largest absolute Gasteiger partial charge is 0.497 e. The highest BCUT2D eigenvalue weighted by molar-refractivity contribution is 5.97. The molecule has 0 fully saturated rings. The molecule has 1 aliphatic rings. The number of hydrogen-bond acceptors (Lipinski definition) is 3. The van der Waals surface area contributed by atoms with Crippen LogP contribution in [0.1, 0.15) is 50.7 Å². The van der Waals surface area contributed by atoms with Crippen LogP contribution in [0.25, 0.3) is 0 Å². The van der Waals surface area contributed by atoms with Gasteiger partial charge in [-0.15, -0.1) is 0 Å².